The molecule has 5 rings (SSSR count). The van der Waals surface area contributed by atoms with Gasteiger partial charge in [-0.25, -0.2) is 14.4 Å². The molecular weight excluding hydrogens is 357 g/mol. The van der Waals surface area contributed by atoms with Gasteiger partial charge >= 0.3 is 0 Å². The molecular formula is C20H20FN7. The van der Waals surface area contributed by atoms with Crippen LogP contribution in [0, 0.1) is 5.82 Å². The summed E-state index contributed by atoms with van der Waals surface area (Å²) in [7, 11) is 2.12. The number of hydrogen-bond acceptors (Lipinski definition) is 5. The van der Waals surface area contributed by atoms with Crippen molar-refractivity contribution in [1.82, 2.24) is 34.6 Å². The molecule has 8 heteroatoms. The van der Waals surface area contributed by atoms with E-state index in [-0.39, 0.29) is 11.9 Å². The second kappa shape index (κ2) is 6.79. The fourth-order valence-corrected chi connectivity index (χ4v) is 4.01. The molecule has 28 heavy (non-hydrogen) atoms. The number of nitrogens with one attached hydrogen (secondary N) is 1. The highest BCUT2D eigenvalue weighted by Crippen LogP contribution is 2.34. The maximum atomic E-state index is 14.6. The second-order valence-corrected chi connectivity index (χ2v) is 7.22. The van der Waals surface area contributed by atoms with E-state index < -0.39 is 0 Å². The van der Waals surface area contributed by atoms with Gasteiger partial charge in [-0.2, -0.15) is 5.10 Å². The number of aromatic nitrogens is 6. The third-order valence-electron chi connectivity index (χ3n) is 5.30. The minimum absolute atomic E-state index is 0.209. The normalized spacial score (nSPS) is 18.0. The Morgan fingerprint density at radius 3 is 2.89 bits per heavy atom. The summed E-state index contributed by atoms with van der Waals surface area (Å²) >= 11 is 0. The number of imidazole rings is 1. The smallest absolute Gasteiger partial charge is 0.199 e. The van der Waals surface area contributed by atoms with Gasteiger partial charge in [0.25, 0.3) is 0 Å². The Kier molecular flexibility index (Phi) is 4.12. The van der Waals surface area contributed by atoms with Gasteiger partial charge < -0.3 is 9.47 Å². The summed E-state index contributed by atoms with van der Waals surface area (Å²) in [6.07, 6.45) is 5.36. The van der Waals surface area contributed by atoms with E-state index in [0.29, 0.717) is 22.9 Å². The minimum atomic E-state index is -0.273. The molecule has 1 fully saturated rings. The maximum Gasteiger partial charge on any atom is 0.199 e. The fourth-order valence-electron chi connectivity index (χ4n) is 4.01. The van der Waals surface area contributed by atoms with Gasteiger partial charge in [-0.15, -0.1) is 0 Å². The molecule has 0 amide bonds. The van der Waals surface area contributed by atoms with E-state index in [2.05, 4.69) is 36.7 Å². The van der Waals surface area contributed by atoms with Gasteiger partial charge in [0.1, 0.15) is 29.2 Å². The van der Waals surface area contributed by atoms with E-state index in [1.165, 1.54) is 12.4 Å². The molecule has 1 saturated heterocycles. The van der Waals surface area contributed by atoms with Crippen LogP contribution in [0.15, 0.2) is 42.9 Å². The Morgan fingerprint density at radius 2 is 2.11 bits per heavy atom. The number of rotatable bonds is 3. The zero-order valence-corrected chi connectivity index (χ0v) is 15.5. The van der Waals surface area contributed by atoms with E-state index >= 15 is 0 Å². The molecule has 0 bridgehead atoms. The summed E-state index contributed by atoms with van der Waals surface area (Å²) in [6, 6.07) is 8.95. The molecule has 0 saturated carbocycles. The summed E-state index contributed by atoms with van der Waals surface area (Å²) in [5.41, 5.74) is 2.84. The number of halogens is 1. The van der Waals surface area contributed by atoms with Crippen LogP contribution in [-0.2, 0) is 0 Å². The highest BCUT2D eigenvalue weighted by atomic mass is 19.1. The average molecular weight is 377 g/mol. The molecule has 1 aliphatic heterocycles. The number of aromatic amines is 1. The molecule has 4 heterocycles. The van der Waals surface area contributed by atoms with Crippen LogP contribution >= 0.6 is 0 Å². The van der Waals surface area contributed by atoms with Crippen LogP contribution in [0.5, 0.6) is 0 Å². The number of piperidine rings is 1. The second-order valence-electron chi connectivity index (χ2n) is 7.22. The Labute approximate surface area is 161 Å². The van der Waals surface area contributed by atoms with Crippen LogP contribution in [0.2, 0.25) is 0 Å². The number of pyridine rings is 1. The molecule has 1 N–H and O–H groups in total. The highest BCUT2D eigenvalue weighted by molar-refractivity contribution is 5.83. The van der Waals surface area contributed by atoms with Crippen molar-refractivity contribution in [2.24, 2.45) is 0 Å². The lowest BCUT2D eigenvalue weighted by molar-refractivity contribution is 0.216. The molecule has 1 aliphatic rings. The van der Waals surface area contributed by atoms with Crippen molar-refractivity contribution in [2.75, 3.05) is 20.1 Å². The van der Waals surface area contributed by atoms with Crippen LogP contribution in [0.1, 0.15) is 18.9 Å². The molecule has 1 aromatic carbocycles. The summed E-state index contributed by atoms with van der Waals surface area (Å²) in [5.74, 6) is 0.899. The molecule has 7 nitrogen and oxygen atoms in total. The Bertz CT molecular complexity index is 1120. The van der Waals surface area contributed by atoms with E-state index in [0.717, 1.165) is 37.0 Å². The Balaban J connectivity index is 1.74. The van der Waals surface area contributed by atoms with Crippen molar-refractivity contribution >= 4 is 11.0 Å². The predicted molar refractivity (Wildman–Crippen MR) is 104 cm³/mol. The van der Waals surface area contributed by atoms with Crippen molar-refractivity contribution in [3.63, 3.8) is 0 Å². The standard InChI is InChI=1S/C20H20FN7/c1-27-8-4-5-13(11-27)28-18-9-16(19-23-12-24-26-19)22-10-17(18)25-20(28)14-6-2-3-7-15(14)21/h2-3,6-7,9-10,12-13H,4-5,8,11H2,1H3,(H,23,24,26). The summed E-state index contributed by atoms with van der Waals surface area (Å²) in [4.78, 5) is 15.7. The molecule has 0 radical (unpaired) electrons. The lowest BCUT2D eigenvalue weighted by Crippen LogP contribution is -2.33. The first kappa shape index (κ1) is 17.0. The Morgan fingerprint density at radius 1 is 1.21 bits per heavy atom. The van der Waals surface area contributed by atoms with Gasteiger partial charge in [0.15, 0.2) is 5.82 Å². The molecule has 1 unspecified atom stereocenters. The lowest BCUT2D eigenvalue weighted by atomic mass is 10.0. The first-order valence-electron chi connectivity index (χ1n) is 9.38. The monoisotopic (exact) mass is 377 g/mol. The number of likely N-dealkylation sites (N-methyl/N-ethyl adjacent to an activating group) is 1. The predicted octanol–water partition coefficient (Wildman–Crippen LogP) is 3.29. The van der Waals surface area contributed by atoms with Crippen LogP contribution in [0.4, 0.5) is 4.39 Å². The number of fused-ring (bicyclic) bond motifs is 1. The van der Waals surface area contributed by atoms with Crippen molar-refractivity contribution < 1.29 is 4.39 Å². The van der Waals surface area contributed by atoms with Crippen molar-refractivity contribution in [2.45, 2.75) is 18.9 Å². The van der Waals surface area contributed by atoms with Gasteiger partial charge in [0, 0.05) is 12.6 Å². The van der Waals surface area contributed by atoms with Crippen LogP contribution in [0.25, 0.3) is 33.9 Å². The third-order valence-corrected chi connectivity index (χ3v) is 5.30. The molecule has 4 aromatic rings. The van der Waals surface area contributed by atoms with Crippen LogP contribution in [0.3, 0.4) is 0 Å². The van der Waals surface area contributed by atoms with Crippen LogP contribution < -0.4 is 0 Å². The summed E-state index contributed by atoms with van der Waals surface area (Å²) in [5, 5.41) is 6.85. The van der Waals surface area contributed by atoms with E-state index in [9.17, 15) is 4.39 Å². The molecule has 1 atom stereocenters. The van der Waals surface area contributed by atoms with Crippen molar-refractivity contribution in [1.29, 1.82) is 0 Å². The fraction of sp³-hybridized carbons (Fsp3) is 0.300. The molecule has 142 valence electrons. The van der Waals surface area contributed by atoms with Crippen molar-refractivity contribution in [3.8, 4) is 22.9 Å². The largest absolute Gasteiger partial charge is 0.319 e. The SMILES string of the molecule is CN1CCCC(n2c(-c3ccccc3F)nc3cnc(-c4nc[nH]n4)cc32)C1. The topological polar surface area (TPSA) is 75.5 Å². The molecule has 0 spiro atoms. The average Bonchev–Trinajstić information content (AvgIpc) is 3.36. The van der Waals surface area contributed by atoms with Crippen LogP contribution in [-0.4, -0.2) is 54.8 Å². The van der Waals surface area contributed by atoms with Gasteiger partial charge in [-0.05, 0) is 44.6 Å². The highest BCUT2D eigenvalue weighted by Gasteiger charge is 2.26. The number of likely N-dealkylation sites (tertiary alicyclic amines) is 1. The van der Waals surface area contributed by atoms with Gasteiger partial charge in [-0.1, -0.05) is 12.1 Å². The lowest BCUT2D eigenvalue weighted by Gasteiger charge is -2.32. The third kappa shape index (κ3) is 2.86. The maximum absolute atomic E-state index is 14.6. The van der Waals surface area contributed by atoms with E-state index in [4.69, 9.17) is 4.98 Å². The Hall–Kier alpha value is -3.13. The quantitative estimate of drug-likeness (QED) is 0.593. The summed E-state index contributed by atoms with van der Waals surface area (Å²) in [6.45, 7) is 1.97. The summed E-state index contributed by atoms with van der Waals surface area (Å²) < 4.78 is 16.8. The van der Waals surface area contributed by atoms with E-state index in [1.807, 2.05) is 12.1 Å². The van der Waals surface area contributed by atoms with Gasteiger partial charge in [0.05, 0.1) is 17.3 Å². The minimum Gasteiger partial charge on any atom is -0.319 e. The van der Waals surface area contributed by atoms with Crippen molar-refractivity contribution in [3.05, 3.63) is 48.7 Å². The van der Waals surface area contributed by atoms with E-state index in [1.54, 1.807) is 18.3 Å². The van der Waals surface area contributed by atoms with Gasteiger partial charge in [-0.3, -0.25) is 10.1 Å². The first-order chi connectivity index (χ1) is 13.7. The number of H-pyrrole nitrogens is 1. The number of hydrogen-bond donors (Lipinski definition) is 1. The molecule has 0 aliphatic carbocycles. The zero-order chi connectivity index (χ0) is 19.1. The zero-order valence-electron chi connectivity index (χ0n) is 15.5. The number of benzene rings is 1. The first-order valence-corrected chi connectivity index (χ1v) is 9.38. The van der Waals surface area contributed by atoms with Gasteiger partial charge in [0.2, 0.25) is 0 Å². The number of nitrogens with zero attached hydrogens (tertiary/aromatic N) is 6. The molecule has 3 aromatic heterocycles.